The Labute approximate surface area is 382 Å². The van der Waals surface area contributed by atoms with Crippen molar-refractivity contribution in [3.63, 3.8) is 0 Å². The molecule has 2 aliphatic carbocycles. The quantitative estimate of drug-likeness (QED) is 0.147. The normalized spacial score (nSPS) is 15.1. The summed E-state index contributed by atoms with van der Waals surface area (Å²) in [6, 6.07) is 92.3. The van der Waals surface area contributed by atoms with Gasteiger partial charge in [-0.05, 0) is 132 Å². The summed E-state index contributed by atoms with van der Waals surface area (Å²) in [5.41, 5.74) is 22.6. The summed E-state index contributed by atoms with van der Waals surface area (Å²) >= 11 is 0. The van der Waals surface area contributed by atoms with Crippen LogP contribution < -0.4 is 4.90 Å². The smallest absolute Gasteiger partial charge is 0.0714 e. The maximum Gasteiger partial charge on any atom is 0.0714 e. The molecule has 12 rings (SSSR count). The predicted molar refractivity (Wildman–Crippen MR) is 272 cm³/mol. The number of para-hydroxylation sites is 1. The van der Waals surface area contributed by atoms with Gasteiger partial charge in [0.25, 0.3) is 0 Å². The summed E-state index contributed by atoms with van der Waals surface area (Å²) in [6.45, 7) is 4.75. The number of nitrogens with zero attached hydrogens (tertiary/aromatic N) is 1. The summed E-state index contributed by atoms with van der Waals surface area (Å²) < 4.78 is 0. The molecule has 0 saturated heterocycles. The molecule has 1 atom stereocenters. The van der Waals surface area contributed by atoms with Gasteiger partial charge in [0.15, 0.2) is 0 Å². The molecular formula is C64H47N. The highest BCUT2D eigenvalue weighted by molar-refractivity contribution is 5.94. The van der Waals surface area contributed by atoms with Crippen LogP contribution in [0.4, 0.5) is 17.1 Å². The van der Waals surface area contributed by atoms with Crippen molar-refractivity contribution in [2.45, 2.75) is 24.7 Å². The molecule has 1 nitrogen and oxygen atoms in total. The standard InChI is InChI=1S/C64H47N/c1-63(2)58-32-18-15-30-54(58)56-37-35-51(42-60(56)63)65(62-34-20-17-29-53(62)46-25-11-5-12-26-46)52-36-38-57-55-31-16-19-33-59(55)64(61(57)43-52,49-27-13-6-14-28-49)50-40-47(44-21-7-3-8-22-44)39-48(41-50)45-23-9-4-10-24-45/h3-43H,1-2H3. The van der Waals surface area contributed by atoms with Crippen LogP contribution in [-0.4, -0.2) is 0 Å². The minimum atomic E-state index is -0.649. The van der Waals surface area contributed by atoms with Gasteiger partial charge in [0.05, 0.1) is 11.1 Å². The predicted octanol–water partition coefficient (Wildman–Crippen LogP) is 16.8. The monoisotopic (exact) mass is 829 g/mol. The third-order valence-corrected chi connectivity index (χ3v) is 14.1. The van der Waals surface area contributed by atoms with Gasteiger partial charge in [0.2, 0.25) is 0 Å². The minimum absolute atomic E-state index is 0.158. The molecule has 0 radical (unpaired) electrons. The molecule has 308 valence electrons. The molecule has 0 spiro atoms. The van der Waals surface area contributed by atoms with Gasteiger partial charge in [-0.15, -0.1) is 0 Å². The number of fused-ring (bicyclic) bond motifs is 6. The molecule has 0 fully saturated rings. The summed E-state index contributed by atoms with van der Waals surface area (Å²) in [5, 5.41) is 0. The Balaban J connectivity index is 1.15. The second-order valence-corrected chi connectivity index (χ2v) is 18.0. The van der Waals surface area contributed by atoms with Crippen LogP contribution in [0.1, 0.15) is 47.2 Å². The molecule has 1 unspecified atom stereocenters. The molecule has 0 saturated carbocycles. The van der Waals surface area contributed by atoms with Gasteiger partial charge < -0.3 is 4.90 Å². The molecule has 0 heterocycles. The van der Waals surface area contributed by atoms with Crippen LogP contribution >= 0.6 is 0 Å². The molecule has 10 aromatic rings. The van der Waals surface area contributed by atoms with Crippen molar-refractivity contribution < 1.29 is 0 Å². The lowest BCUT2D eigenvalue weighted by Gasteiger charge is -2.36. The van der Waals surface area contributed by atoms with Crippen molar-refractivity contribution >= 4 is 17.1 Å². The minimum Gasteiger partial charge on any atom is -0.310 e. The number of benzene rings is 10. The number of hydrogen-bond acceptors (Lipinski definition) is 1. The van der Waals surface area contributed by atoms with Gasteiger partial charge in [-0.2, -0.15) is 0 Å². The third kappa shape index (κ3) is 6.15. The van der Waals surface area contributed by atoms with Gasteiger partial charge in [-0.1, -0.05) is 214 Å². The second-order valence-electron chi connectivity index (χ2n) is 18.0. The molecule has 0 aliphatic heterocycles. The lowest BCUT2D eigenvalue weighted by atomic mass is 9.67. The highest BCUT2D eigenvalue weighted by Crippen LogP contribution is 2.59. The van der Waals surface area contributed by atoms with Gasteiger partial charge in [-0.3, -0.25) is 0 Å². The Morgan fingerprint density at radius 2 is 0.708 bits per heavy atom. The lowest BCUT2D eigenvalue weighted by molar-refractivity contribution is 0.660. The van der Waals surface area contributed by atoms with Crippen molar-refractivity contribution in [3.8, 4) is 55.6 Å². The van der Waals surface area contributed by atoms with E-state index in [0.717, 1.165) is 17.1 Å². The van der Waals surface area contributed by atoms with Crippen LogP contribution in [0.25, 0.3) is 55.6 Å². The van der Waals surface area contributed by atoms with Crippen LogP contribution in [0.3, 0.4) is 0 Å². The molecule has 2 aliphatic rings. The van der Waals surface area contributed by atoms with Crippen molar-refractivity contribution in [2.75, 3.05) is 4.90 Å². The van der Waals surface area contributed by atoms with E-state index in [-0.39, 0.29) is 5.41 Å². The summed E-state index contributed by atoms with van der Waals surface area (Å²) in [6.07, 6.45) is 0. The Morgan fingerprint density at radius 1 is 0.277 bits per heavy atom. The van der Waals surface area contributed by atoms with Crippen LogP contribution in [0.15, 0.2) is 249 Å². The maximum absolute atomic E-state index is 2.51. The SMILES string of the molecule is CC1(C)c2ccccc2-c2ccc(N(c3ccc4c(c3)C(c3ccccc3)(c3cc(-c5ccccc5)cc(-c5ccccc5)c3)c3ccccc3-4)c3ccccc3-c3ccccc3)cc21. The van der Waals surface area contributed by atoms with E-state index in [0.29, 0.717) is 0 Å². The molecule has 1 heteroatoms. The molecule has 0 bridgehead atoms. The van der Waals surface area contributed by atoms with Gasteiger partial charge in [0.1, 0.15) is 0 Å². The molecule has 0 amide bonds. The first-order valence-corrected chi connectivity index (χ1v) is 22.8. The largest absolute Gasteiger partial charge is 0.310 e. The van der Waals surface area contributed by atoms with E-state index in [4.69, 9.17) is 0 Å². The lowest BCUT2D eigenvalue weighted by Crippen LogP contribution is -2.29. The Hall–Kier alpha value is -8.00. The number of anilines is 3. The topological polar surface area (TPSA) is 3.24 Å². The Morgan fingerprint density at radius 3 is 1.31 bits per heavy atom. The van der Waals surface area contributed by atoms with Gasteiger partial charge >= 0.3 is 0 Å². The van der Waals surface area contributed by atoms with Crippen molar-refractivity contribution in [1.29, 1.82) is 0 Å². The number of rotatable bonds is 8. The van der Waals surface area contributed by atoms with Crippen LogP contribution in [0, 0.1) is 0 Å². The fourth-order valence-electron chi connectivity index (χ4n) is 11.1. The van der Waals surface area contributed by atoms with E-state index in [1.807, 2.05) is 0 Å². The summed E-state index contributed by atoms with van der Waals surface area (Å²) in [7, 11) is 0. The molecule has 65 heavy (non-hydrogen) atoms. The zero-order valence-corrected chi connectivity index (χ0v) is 36.6. The van der Waals surface area contributed by atoms with E-state index < -0.39 is 5.41 Å². The Kier molecular flexibility index (Phi) is 9.14. The fourth-order valence-corrected chi connectivity index (χ4v) is 11.1. The first-order chi connectivity index (χ1) is 32.0. The molecule has 0 aromatic heterocycles. The summed E-state index contributed by atoms with van der Waals surface area (Å²) in [5.74, 6) is 0. The van der Waals surface area contributed by atoms with Crippen LogP contribution in [0.5, 0.6) is 0 Å². The van der Waals surface area contributed by atoms with Crippen LogP contribution in [0.2, 0.25) is 0 Å². The average Bonchev–Trinajstić information content (AvgIpc) is 3.80. The second kappa shape index (κ2) is 15.4. The van der Waals surface area contributed by atoms with Crippen LogP contribution in [-0.2, 0) is 10.8 Å². The first-order valence-electron chi connectivity index (χ1n) is 22.8. The van der Waals surface area contributed by atoms with E-state index in [1.165, 1.54) is 89.0 Å². The van der Waals surface area contributed by atoms with E-state index in [1.54, 1.807) is 0 Å². The Bertz CT molecular complexity index is 3330. The third-order valence-electron chi connectivity index (χ3n) is 14.1. The highest BCUT2D eigenvalue weighted by atomic mass is 15.1. The fraction of sp³-hybridized carbons (Fsp3) is 0.0625. The zero-order valence-electron chi connectivity index (χ0n) is 36.6. The average molecular weight is 830 g/mol. The van der Waals surface area contributed by atoms with E-state index in [2.05, 4.69) is 267 Å². The molecule has 0 N–H and O–H groups in total. The van der Waals surface area contributed by atoms with Crippen molar-refractivity contribution in [2.24, 2.45) is 0 Å². The summed E-state index contributed by atoms with van der Waals surface area (Å²) in [4.78, 5) is 2.51. The first kappa shape index (κ1) is 38.7. The van der Waals surface area contributed by atoms with Gasteiger partial charge in [0, 0.05) is 22.4 Å². The highest BCUT2D eigenvalue weighted by Gasteiger charge is 2.47. The van der Waals surface area contributed by atoms with E-state index in [9.17, 15) is 0 Å². The van der Waals surface area contributed by atoms with E-state index >= 15 is 0 Å². The van der Waals surface area contributed by atoms with Crippen molar-refractivity contribution in [1.82, 2.24) is 0 Å². The van der Waals surface area contributed by atoms with Crippen molar-refractivity contribution in [3.05, 3.63) is 282 Å². The maximum atomic E-state index is 2.51. The molecule has 10 aromatic carbocycles. The van der Waals surface area contributed by atoms with Gasteiger partial charge in [-0.25, -0.2) is 0 Å². The number of hydrogen-bond donors (Lipinski definition) is 0. The zero-order chi connectivity index (χ0) is 43.5. The molecular weight excluding hydrogens is 783 g/mol.